The minimum Gasteiger partial charge on any atom is -0.334 e. The number of carbonyl (C=O) groups is 2. The molecule has 2 heterocycles. The molecular formula is C23H33N3O2S. The predicted molar refractivity (Wildman–Crippen MR) is 118 cm³/mol. The summed E-state index contributed by atoms with van der Waals surface area (Å²) < 4.78 is 0. The van der Waals surface area contributed by atoms with E-state index in [9.17, 15) is 9.59 Å². The van der Waals surface area contributed by atoms with Crippen molar-refractivity contribution in [2.75, 3.05) is 25.4 Å². The topological polar surface area (TPSA) is 52.7 Å². The number of urea groups is 1. The molecule has 29 heavy (non-hydrogen) atoms. The van der Waals surface area contributed by atoms with E-state index in [2.05, 4.69) is 10.2 Å². The maximum absolute atomic E-state index is 13.0. The van der Waals surface area contributed by atoms with Gasteiger partial charge in [0.2, 0.25) is 5.91 Å². The van der Waals surface area contributed by atoms with E-state index in [1.807, 2.05) is 47.0 Å². The third-order valence-electron chi connectivity index (χ3n) is 6.84. The number of piperidine rings is 1. The summed E-state index contributed by atoms with van der Waals surface area (Å²) in [6.45, 7) is 2.87. The summed E-state index contributed by atoms with van der Waals surface area (Å²) in [5, 5.41) is 3.03. The van der Waals surface area contributed by atoms with Gasteiger partial charge >= 0.3 is 6.03 Å². The molecule has 3 amide bonds. The van der Waals surface area contributed by atoms with Crippen molar-refractivity contribution in [3.05, 3.63) is 35.9 Å². The third-order valence-corrected chi connectivity index (χ3v) is 8.39. The number of nitrogens with zero attached hydrogens (tertiary/aromatic N) is 2. The summed E-state index contributed by atoms with van der Waals surface area (Å²) in [5.74, 6) is 2.12. The normalized spacial score (nSPS) is 21.7. The molecule has 6 heteroatoms. The Labute approximate surface area is 178 Å². The first-order valence-electron chi connectivity index (χ1n) is 11.2. The van der Waals surface area contributed by atoms with Gasteiger partial charge in [0.05, 0.1) is 4.87 Å². The third kappa shape index (κ3) is 4.90. The van der Waals surface area contributed by atoms with E-state index in [1.54, 1.807) is 0 Å². The van der Waals surface area contributed by atoms with Crippen LogP contribution in [-0.2, 0) is 11.3 Å². The number of nitrogens with one attached hydrogen (secondary N) is 1. The van der Waals surface area contributed by atoms with Gasteiger partial charge in [-0.15, -0.1) is 11.8 Å². The lowest BCUT2D eigenvalue weighted by Crippen LogP contribution is -2.55. The number of amides is 3. The Balaban J connectivity index is 1.26. The number of rotatable bonds is 5. The summed E-state index contributed by atoms with van der Waals surface area (Å²) in [4.78, 5) is 29.5. The lowest BCUT2D eigenvalue weighted by atomic mass is 9.99. The van der Waals surface area contributed by atoms with Gasteiger partial charge in [0.1, 0.15) is 0 Å². The van der Waals surface area contributed by atoms with Crippen LogP contribution >= 0.6 is 11.8 Å². The van der Waals surface area contributed by atoms with Crippen LogP contribution in [0.1, 0.15) is 56.9 Å². The lowest BCUT2D eigenvalue weighted by Gasteiger charge is -2.44. The highest BCUT2D eigenvalue weighted by atomic mass is 32.2. The average molecular weight is 416 g/mol. The van der Waals surface area contributed by atoms with E-state index in [0.29, 0.717) is 18.9 Å². The van der Waals surface area contributed by atoms with Gasteiger partial charge in [-0.05, 0) is 30.7 Å². The molecule has 1 aliphatic carbocycles. The Hall–Kier alpha value is -1.69. The molecule has 1 aromatic rings. The van der Waals surface area contributed by atoms with E-state index in [0.717, 1.165) is 56.1 Å². The Morgan fingerprint density at radius 3 is 2.52 bits per heavy atom. The van der Waals surface area contributed by atoms with Gasteiger partial charge < -0.3 is 15.1 Å². The van der Waals surface area contributed by atoms with Gasteiger partial charge in [-0.1, -0.05) is 56.0 Å². The van der Waals surface area contributed by atoms with E-state index in [4.69, 9.17) is 0 Å². The highest BCUT2D eigenvalue weighted by molar-refractivity contribution is 8.00. The minimum absolute atomic E-state index is 0.00538. The van der Waals surface area contributed by atoms with Crippen molar-refractivity contribution in [2.45, 2.75) is 62.8 Å². The van der Waals surface area contributed by atoms with Crippen molar-refractivity contribution in [2.24, 2.45) is 5.92 Å². The number of thioether (sulfide) groups is 1. The van der Waals surface area contributed by atoms with Gasteiger partial charge in [0.25, 0.3) is 0 Å². The van der Waals surface area contributed by atoms with Crippen molar-refractivity contribution in [1.29, 1.82) is 0 Å². The molecule has 1 saturated carbocycles. The van der Waals surface area contributed by atoms with E-state index < -0.39 is 0 Å². The molecule has 1 aromatic carbocycles. The fraction of sp³-hybridized carbons (Fsp3) is 0.652. The molecule has 1 spiro atoms. The molecule has 5 nitrogen and oxygen atoms in total. The zero-order valence-corrected chi connectivity index (χ0v) is 18.1. The van der Waals surface area contributed by atoms with E-state index >= 15 is 0 Å². The minimum atomic E-state index is -0.0804. The summed E-state index contributed by atoms with van der Waals surface area (Å²) >= 11 is 1.93. The molecule has 3 fully saturated rings. The van der Waals surface area contributed by atoms with Crippen LogP contribution in [0.4, 0.5) is 4.79 Å². The first-order valence-corrected chi connectivity index (χ1v) is 12.2. The number of carbonyl (C=O) groups excluding carboxylic acids is 2. The molecular weight excluding hydrogens is 382 g/mol. The van der Waals surface area contributed by atoms with Crippen LogP contribution in [0.25, 0.3) is 0 Å². The van der Waals surface area contributed by atoms with Crippen LogP contribution in [0.2, 0.25) is 0 Å². The molecule has 2 saturated heterocycles. The second kappa shape index (κ2) is 9.41. The smallest absolute Gasteiger partial charge is 0.317 e. The molecule has 1 N–H and O–H groups in total. The van der Waals surface area contributed by atoms with Gasteiger partial charge in [-0.25, -0.2) is 4.79 Å². The molecule has 158 valence electrons. The summed E-state index contributed by atoms with van der Waals surface area (Å²) in [7, 11) is 0. The molecule has 0 atom stereocenters. The highest BCUT2D eigenvalue weighted by Gasteiger charge is 2.46. The Kier molecular flexibility index (Phi) is 6.68. The fourth-order valence-electron chi connectivity index (χ4n) is 5.08. The number of hydrogen-bond donors (Lipinski definition) is 1. The molecule has 0 aromatic heterocycles. The predicted octanol–water partition coefficient (Wildman–Crippen LogP) is 4.23. The van der Waals surface area contributed by atoms with Crippen LogP contribution in [0, 0.1) is 5.92 Å². The van der Waals surface area contributed by atoms with E-state index in [-0.39, 0.29) is 10.9 Å². The second-order valence-electron chi connectivity index (χ2n) is 8.66. The first-order chi connectivity index (χ1) is 14.2. The molecule has 2 aliphatic heterocycles. The zero-order chi connectivity index (χ0) is 20.1. The van der Waals surface area contributed by atoms with Crippen LogP contribution in [0.15, 0.2) is 30.3 Å². The fourth-order valence-corrected chi connectivity index (χ4v) is 6.55. The Bertz CT molecular complexity index is 697. The Morgan fingerprint density at radius 2 is 1.79 bits per heavy atom. The number of hydrogen-bond acceptors (Lipinski definition) is 3. The largest absolute Gasteiger partial charge is 0.334 e. The first kappa shape index (κ1) is 20.6. The van der Waals surface area contributed by atoms with Gasteiger partial charge in [0.15, 0.2) is 0 Å². The van der Waals surface area contributed by atoms with E-state index in [1.165, 1.54) is 25.7 Å². The van der Waals surface area contributed by atoms with Crippen LogP contribution in [-0.4, -0.2) is 52.0 Å². The molecule has 4 rings (SSSR count). The molecule has 0 radical (unpaired) electrons. The van der Waals surface area contributed by atoms with Crippen molar-refractivity contribution < 1.29 is 9.59 Å². The summed E-state index contributed by atoms with van der Waals surface area (Å²) in [6.07, 6.45) is 8.81. The summed E-state index contributed by atoms with van der Waals surface area (Å²) in [5.41, 5.74) is 1.11. The number of likely N-dealkylation sites (tertiary alicyclic amines) is 1. The lowest BCUT2D eigenvalue weighted by molar-refractivity contribution is -0.135. The van der Waals surface area contributed by atoms with Gasteiger partial charge in [-0.3, -0.25) is 4.79 Å². The molecule has 0 unspecified atom stereocenters. The SMILES string of the molecule is O=C(NCc1ccccc1)N1CCC2(CC1)SCCN2C(=O)CCC1CCCC1. The van der Waals surface area contributed by atoms with Crippen LogP contribution in [0.5, 0.6) is 0 Å². The monoisotopic (exact) mass is 415 g/mol. The number of benzene rings is 1. The molecule has 3 aliphatic rings. The maximum Gasteiger partial charge on any atom is 0.317 e. The Morgan fingerprint density at radius 1 is 1.07 bits per heavy atom. The molecule has 0 bridgehead atoms. The van der Waals surface area contributed by atoms with Gasteiger partial charge in [0, 0.05) is 38.4 Å². The van der Waals surface area contributed by atoms with Gasteiger partial charge in [-0.2, -0.15) is 0 Å². The van der Waals surface area contributed by atoms with Crippen molar-refractivity contribution in [1.82, 2.24) is 15.1 Å². The standard InChI is InChI=1S/C23H33N3O2S/c27-21(11-10-19-6-4-5-7-19)26-16-17-29-23(26)12-14-25(15-13-23)22(28)24-18-20-8-2-1-3-9-20/h1-3,8-9,19H,4-7,10-18H2,(H,24,28). The second-order valence-corrected chi connectivity index (χ2v) is 10.1. The van der Waals surface area contributed by atoms with Crippen molar-refractivity contribution in [3.8, 4) is 0 Å². The highest BCUT2D eigenvalue weighted by Crippen LogP contribution is 2.44. The van der Waals surface area contributed by atoms with Crippen LogP contribution < -0.4 is 5.32 Å². The quantitative estimate of drug-likeness (QED) is 0.783. The zero-order valence-electron chi connectivity index (χ0n) is 17.3. The van der Waals surface area contributed by atoms with Crippen molar-refractivity contribution in [3.63, 3.8) is 0 Å². The average Bonchev–Trinajstić information content (AvgIpc) is 3.42. The maximum atomic E-state index is 13.0. The summed E-state index contributed by atoms with van der Waals surface area (Å²) in [6, 6.07) is 10.0. The van der Waals surface area contributed by atoms with Crippen LogP contribution in [0.3, 0.4) is 0 Å². The van der Waals surface area contributed by atoms with Crippen molar-refractivity contribution >= 4 is 23.7 Å².